The van der Waals surface area contributed by atoms with Gasteiger partial charge in [-0.15, -0.1) is 0 Å². The zero-order valence-electron chi connectivity index (χ0n) is 12.1. The Morgan fingerprint density at radius 1 is 1.10 bits per heavy atom. The number of benzene rings is 2. The van der Waals surface area contributed by atoms with Gasteiger partial charge >= 0.3 is 0 Å². The van der Waals surface area contributed by atoms with Crippen molar-refractivity contribution in [3.8, 4) is 0 Å². The summed E-state index contributed by atoms with van der Waals surface area (Å²) in [6, 6.07) is 14.2. The van der Waals surface area contributed by atoms with E-state index < -0.39 is 0 Å². The third-order valence-electron chi connectivity index (χ3n) is 4.83. The van der Waals surface area contributed by atoms with Gasteiger partial charge in [0.2, 0.25) is 0 Å². The number of hydrogen-bond acceptors (Lipinski definition) is 2. The molecule has 2 aromatic rings. The zero-order chi connectivity index (χ0) is 14.2. The van der Waals surface area contributed by atoms with Crippen LogP contribution in [-0.2, 0) is 6.42 Å². The SMILES string of the molecule is O=C(c1ccc2c(c1)NCC2)c1ccccc1C1CCC1. The quantitative estimate of drug-likeness (QED) is 0.854. The normalized spacial score (nSPS) is 17.0. The molecule has 0 amide bonds. The van der Waals surface area contributed by atoms with Crippen molar-refractivity contribution in [2.75, 3.05) is 11.9 Å². The second-order valence-corrected chi connectivity index (χ2v) is 6.09. The van der Waals surface area contributed by atoms with Crippen LogP contribution in [0.5, 0.6) is 0 Å². The maximum atomic E-state index is 12.9. The molecule has 2 aliphatic rings. The molecule has 0 bridgehead atoms. The average Bonchev–Trinajstić information content (AvgIpc) is 2.92. The van der Waals surface area contributed by atoms with Crippen LogP contribution in [0.25, 0.3) is 0 Å². The van der Waals surface area contributed by atoms with Crippen molar-refractivity contribution >= 4 is 11.5 Å². The first kappa shape index (κ1) is 12.6. The van der Waals surface area contributed by atoms with E-state index in [1.54, 1.807) is 0 Å². The lowest BCUT2D eigenvalue weighted by Gasteiger charge is -2.27. The maximum Gasteiger partial charge on any atom is 0.193 e. The highest BCUT2D eigenvalue weighted by Gasteiger charge is 2.25. The summed E-state index contributed by atoms with van der Waals surface area (Å²) in [4.78, 5) is 12.9. The lowest BCUT2D eigenvalue weighted by atomic mass is 9.77. The van der Waals surface area contributed by atoms with Crippen molar-refractivity contribution < 1.29 is 4.79 Å². The molecule has 0 spiro atoms. The highest BCUT2D eigenvalue weighted by Crippen LogP contribution is 2.38. The molecule has 1 aliphatic carbocycles. The fraction of sp³-hybridized carbons (Fsp3) is 0.316. The van der Waals surface area contributed by atoms with Gasteiger partial charge in [-0.3, -0.25) is 4.79 Å². The van der Waals surface area contributed by atoms with Gasteiger partial charge < -0.3 is 5.32 Å². The van der Waals surface area contributed by atoms with E-state index in [1.165, 1.54) is 30.4 Å². The van der Waals surface area contributed by atoms with Crippen LogP contribution in [0.3, 0.4) is 0 Å². The Morgan fingerprint density at radius 3 is 2.76 bits per heavy atom. The largest absolute Gasteiger partial charge is 0.384 e. The molecule has 2 aromatic carbocycles. The van der Waals surface area contributed by atoms with E-state index in [0.717, 1.165) is 29.8 Å². The summed E-state index contributed by atoms with van der Waals surface area (Å²) in [6.07, 6.45) is 4.78. The minimum Gasteiger partial charge on any atom is -0.384 e. The van der Waals surface area contributed by atoms with Crippen LogP contribution in [0, 0.1) is 0 Å². The number of fused-ring (bicyclic) bond motifs is 1. The van der Waals surface area contributed by atoms with Crippen molar-refractivity contribution in [2.45, 2.75) is 31.6 Å². The minimum atomic E-state index is 0.161. The Kier molecular flexibility index (Phi) is 3.03. The molecule has 0 saturated heterocycles. The van der Waals surface area contributed by atoms with Crippen molar-refractivity contribution in [3.63, 3.8) is 0 Å². The van der Waals surface area contributed by atoms with E-state index in [2.05, 4.69) is 23.5 Å². The Bertz CT molecular complexity index is 700. The summed E-state index contributed by atoms with van der Waals surface area (Å²) in [5, 5.41) is 3.35. The van der Waals surface area contributed by atoms with Crippen molar-refractivity contribution in [1.29, 1.82) is 0 Å². The summed E-state index contributed by atoms with van der Waals surface area (Å²) >= 11 is 0. The van der Waals surface area contributed by atoms with Crippen LogP contribution in [0.2, 0.25) is 0 Å². The second-order valence-electron chi connectivity index (χ2n) is 6.09. The van der Waals surface area contributed by atoms with Crippen LogP contribution >= 0.6 is 0 Å². The number of hydrogen-bond donors (Lipinski definition) is 1. The third kappa shape index (κ3) is 2.15. The standard InChI is InChI=1S/C19H19NO/c21-19(15-9-8-14-10-11-20-18(14)12-15)17-7-2-1-6-16(17)13-4-3-5-13/h1-2,6-9,12-13,20H,3-5,10-11H2. The first-order valence-corrected chi connectivity index (χ1v) is 7.83. The van der Waals surface area contributed by atoms with E-state index in [-0.39, 0.29) is 5.78 Å². The van der Waals surface area contributed by atoms with Crippen LogP contribution < -0.4 is 5.32 Å². The molecule has 1 fully saturated rings. The number of carbonyl (C=O) groups excluding carboxylic acids is 1. The van der Waals surface area contributed by atoms with E-state index in [4.69, 9.17) is 0 Å². The van der Waals surface area contributed by atoms with Gasteiger partial charge in [-0.1, -0.05) is 42.8 Å². The maximum absolute atomic E-state index is 12.9. The summed E-state index contributed by atoms with van der Waals surface area (Å²) in [7, 11) is 0. The van der Waals surface area contributed by atoms with Gasteiger partial charge in [0, 0.05) is 23.4 Å². The monoisotopic (exact) mass is 277 g/mol. The summed E-state index contributed by atoms with van der Waals surface area (Å²) in [5.74, 6) is 0.742. The number of anilines is 1. The van der Waals surface area contributed by atoms with Crippen LogP contribution in [0.1, 0.15) is 52.2 Å². The topological polar surface area (TPSA) is 29.1 Å². The molecule has 21 heavy (non-hydrogen) atoms. The summed E-state index contributed by atoms with van der Waals surface area (Å²) < 4.78 is 0. The highest BCUT2D eigenvalue weighted by molar-refractivity contribution is 6.10. The highest BCUT2D eigenvalue weighted by atomic mass is 16.1. The van der Waals surface area contributed by atoms with Gasteiger partial charge in [0.1, 0.15) is 0 Å². The molecular weight excluding hydrogens is 258 g/mol. The van der Waals surface area contributed by atoms with Gasteiger partial charge in [0.25, 0.3) is 0 Å². The molecular formula is C19H19NO. The predicted octanol–water partition coefficient (Wildman–Crippen LogP) is 4.15. The number of ketones is 1. The van der Waals surface area contributed by atoms with E-state index in [0.29, 0.717) is 5.92 Å². The van der Waals surface area contributed by atoms with Gasteiger partial charge in [0.05, 0.1) is 0 Å². The molecule has 1 N–H and O–H groups in total. The Morgan fingerprint density at radius 2 is 1.95 bits per heavy atom. The van der Waals surface area contributed by atoms with Crippen molar-refractivity contribution in [2.24, 2.45) is 0 Å². The lowest BCUT2D eigenvalue weighted by Crippen LogP contribution is -2.14. The summed E-state index contributed by atoms with van der Waals surface area (Å²) in [5.41, 5.74) is 5.37. The summed E-state index contributed by atoms with van der Waals surface area (Å²) in [6.45, 7) is 0.978. The molecule has 0 aromatic heterocycles. The Labute approximate surface area is 125 Å². The van der Waals surface area contributed by atoms with E-state index in [9.17, 15) is 4.79 Å². The third-order valence-corrected chi connectivity index (χ3v) is 4.83. The smallest absolute Gasteiger partial charge is 0.193 e. The minimum absolute atomic E-state index is 0.161. The van der Waals surface area contributed by atoms with E-state index >= 15 is 0 Å². The van der Waals surface area contributed by atoms with E-state index in [1.807, 2.05) is 24.3 Å². The molecule has 2 nitrogen and oxygen atoms in total. The van der Waals surface area contributed by atoms with Crippen molar-refractivity contribution in [1.82, 2.24) is 0 Å². The second kappa shape index (κ2) is 5.03. The Balaban J connectivity index is 1.71. The average molecular weight is 277 g/mol. The number of carbonyl (C=O) groups is 1. The molecule has 1 aliphatic heterocycles. The van der Waals surface area contributed by atoms with Crippen LogP contribution in [0.15, 0.2) is 42.5 Å². The van der Waals surface area contributed by atoms with Crippen LogP contribution in [-0.4, -0.2) is 12.3 Å². The Hall–Kier alpha value is -2.09. The first-order chi connectivity index (χ1) is 10.3. The molecule has 4 rings (SSSR count). The number of rotatable bonds is 3. The molecule has 106 valence electrons. The van der Waals surface area contributed by atoms with Gasteiger partial charge in [-0.25, -0.2) is 0 Å². The molecule has 1 saturated carbocycles. The fourth-order valence-electron chi connectivity index (χ4n) is 3.37. The van der Waals surface area contributed by atoms with Gasteiger partial charge in [0.15, 0.2) is 5.78 Å². The number of nitrogens with one attached hydrogen (secondary N) is 1. The molecule has 0 unspecified atom stereocenters. The van der Waals surface area contributed by atoms with Crippen LogP contribution in [0.4, 0.5) is 5.69 Å². The molecule has 2 heteroatoms. The van der Waals surface area contributed by atoms with Crippen molar-refractivity contribution in [3.05, 3.63) is 64.7 Å². The predicted molar refractivity (Wildman–Crippen MR) is 85.1 cm³/mol. The molecule has 0 radical (unpaired) electrons. The lowest BCUT2D eigenvalue weighted by molar-refractivity contribution is 0.103. The first-order valence-electron chi connectivity index (χ1n) is 7.83. The molecule has 1 heterocycles. The molecule has 0 atom stereocenters. The zero-order valence-corrected chi connectivity index (χ0v) is 12.1. The van der Waals surface area contributed by atoms with Gasteiger partial charge in [-0.2, -0.15) is 0 Å². The van der Waals surface area contributed by atoms with Gasteiger partial charge in [-0.05, 0) is 42.4 Å². The fourth-order valence-corrected chi connectivity index (χ4v) is 3.37.